The molecule has 0 radical (unpaired) electrons. The van der Waals surface area contributed by atoms with Crippen LogP contribution < -0.4 is 4.74 Å². The quantitative estimate of drug-likeness (QED) is 0.189. The van der Waals surface area contributed by atoms with Gasteiger partial charge in [-0.3, -0.25) is 9.69 Å². The first kappa shape index (κ1) is 25.2. The fourth-order valence-electron chi connectivity index (χ4n) is 3.57. The van der Waals surface area contributed by atoms with Crippen molar-refractivity contribution in [3.05, 3.63) is 95.5 Å². The van der Waals surface area contributed by atoms with Crippen LogP contribution in [0.3, 0.4) is 0 Å². The summed E-state index contributed by atoms with van der Waals surface area (Å²) < 4.78 is 8.13. The van der Waals surface area contributed by atoms with Gasteiger partial charge in [0.1, 0.15) is 12.4 Å². The van der Waals surface area contributed by atoms with Crippen molar-refractivity contribution in [2.24, 2.45) is 4.99 Å². The number of amidine groups is 1. The van der Waals surface area contributed by atoms with E-state index in [1.54, 1.807) is 4.90 Å². The summed E-state index contributed by atoms with van der Waals surface area (Å²) in [5.74, 6) is 0.862. The Bertz CT molecular complexity index is 1240. The average molecular weight is 694 g/mol. The summed E-state index contributed by atoms with van der Waals surface area (Å²) in [6.07, 6.45) is 2.85. The lowest BCUT2D eigenvalue weighted by Gasteiger charge is -2.13. The molecule has 4 rings (SSSR count). The van der Waals surface area contributed by atoms with Gasteiger partial charge in [0.25, 0.3) is 5.91 Å². The first-order chi connectivity index (χ1) is 16.5. The molecule has 1 fully saturated rings. The monoisotopic (exact) mass is 694 g/mol. The van der Waals surface area contributed by atoms with Gasteiger partial charge in [0, 0.05) is 6.54 Å². The maximum atomic E-state index is 13.1. The SMILES string of the molecule is CCc1ccccc1N=C1S/C(=C/c2cc(I)c(OCc3ccccc3)c(I)c2)C(=O)N1CC. The molecule has 0 aromatic heterocycles. The lowest BCUT2D eigenvalue weighted by atomic mass is 10.1. The number of benzene rings is 3. The maximum absolute atomic E-state index is 13.1. The van der Waals surface area contributed by atoms with Crippen molar-refractivity contribution in [2.45, 2.75) is 26.9 Å². The topological polar surface area (TPSA) is 41.9 Å². The number of para-hydroxylation sites is 1. The minimum atomic E-state index is -0.00495. The van der Waals surface area contributed by atoms with Gasteiger partial charge in [-0.15, -0.1) is 0 Å². The van der Waals surface area contributed by atoms with Crippen LogP contribution in [0.15, 0.2) is 76.6 Å². The number of halogens is 2. The van der Waals surface area contributed by atoms with Gasteiger partial charge in [-0.1, -0.05) is 55.5 Å². The molecular weight excluding hydrogens is 670 g/mol. The smallest absolute Gasteiger partial charge is 0.266 e. The zero-order valence-corrected chi connectivity index (χ0v) is 24.1. The molecule has 0 atom stereocenters. The zero-order valence-electron chi connectivity index (χ0n) is 18.9. The molecule has 7 heteroatoms. The number of rotatable bonds is 7. The number of likely N-dealkylation sites (N-methyl/N-ethyl adjacent to an activating group) is 1. The van der Waals surface area contributed by atoms with E-state index in [9.17, 15) is 4.79 Å². The Labute approximate surface area is 232 Å². The predicted molar refractivity (Wildman–Crippen MR) is 159 cm³/mol. The summed E-state index contributed by atoms with van der Waals surface area (Å²) >= 11 is 6.03. The van der Waals surface area contributed by atoms with E-state index in [1.807, 2.05) is 49.4 Å². The van der Waals surface area contributed by atoms with Crippen LogP contribution in [0.2, 0.25) is 0 Å². The Morgan fingerprint density at radius 1 is 1.00 bits per heavy atom. The second kappa shape index (κ2) is 11.7. The summed E-state index contributed by atoms with van der Waals surface area (Å²) in [5.41, 5.74) is 4.20. The molecule has 0 unspecified atom stereocenters. The molecule has 34 heavy (non-hydrogen) atoms. The number of ether oxygens (including phenoxy) is 1. The van der Waals surface area contributed by atoms with E-state index < -0.39 is 0 Å². The standard InChI is InChI=1S/C27H24I2N2O2S/c1-3-20-12-8-9-13-23(20)30-27-31(4-2)26(32)24(34-27)16-19-14-21(28)25(22(29)15-19)33-17-18-10-6-5-7-11-18/h5-16H,3-4,17H2,1-2H3/b24-16+,30-27?. The van der Waals surface area contributed by atoms with Crippen LogP contribution in [0.1, 0.15) is 30.5 Å². The van der Waals surface area contributed by atoms with Crippen molar-refractivity contribution in [2.75, 3.05) is 6.54 Å². The molecule has 0 spiro atoms. The molecule has 0 saturated carbocycles. The molecule has 0 N–H and O–H groups in total. The van der Waals surface area contributed by atoms with E-state index >= 15 is 0 Å². The lowest BCUT2D eigenvalue weighted by Crippen LogP contribution is -2.28. The lowest BCUT2D eigenvalue weighted by molar-refractivity contribution is -0.122. The zero-order chi connectivity index (χ0) is 24.1. The number of aryl methyl sites for hydroxylation is 1. The number of hydrogen-bond acceptors (Lipinski definition) is 4. The third-order valence-electron chi connectivity index (χ3n) is 5.34. The number of hydrogen-bond donors (Lipinski definition) is 0. The minimum absolute atomic E-state index is 0.00495. The normalized spacial score (nSPS) is 16.0. The van der Waals surface area contributed by atoms with E-state index in [1.165, 1.54) is 17.3 Å². The Balaban J connectivity index is 1.58. The van der Waals surface area contributed by atoms with Crippen molar-refractivity contribution in [3.8, 4) is 5.75 Å². The first-order valence-corrected chi connectivity index (χ1v) is 14.0. The molecule has 1 aliphatic heterocycles. The van der Waals surface area contributed by atoms with Gasteiger partial charge in [0.05, 0.1) is 17.7 Å². The summed E-state index contributed by atoms with van der Waals surface area (Å²) in [4.78, 5) is 20.4. The molecule has 174 valence electrons. The Hall–Kier alpha value is -1.85. The van der Waals surface area contributed by atoms with Gasteiger partial charge in [0.2, 0.25) is 0 Å². The number of amides is 1. The fraction of sp³-hybridized carbons (Fsp3) is 0.185. The van der Waals surface area contributed by atoms with E-state index in [4.69, 9.17) is 9.73 Å². The van der Waals surface area contributed by atoms with Gasteiger partial charge in [0.15, 0.2) is 5.17 Å². The van der Waals surface area contributed by atoms with Gasteiger partial charge in [-0.2, -0.15) is 0 Å². The van der Waals surface area contributed by atoms with Crippen LogP contribution in [0.5, 0.6) is 5.75 Å². The number of thioether (sulfide) groups is 1. The van der Waals surface area contributed by atoms with Crippen molar-refractivity contribution in [1.29, 1.82) is 0 Å². The third-order valence-corrected chi connectivity index (χ3v) is 7.95. The van der Waals surface area contributed by atoms with Crippen molar-refractivity contribution in [3.63, 3.8) is 0 Å². The van der Waals surface area contributed by atoms with Crippen LogP contribution in [0.4, 0.5) is 5.69 Å². The number of nitrogens with zero attached hydrogens (tertiary/aromatic N) is 2. The molecule has 1 heterocycles. The average Bonchev–Trinajstić information content (AvgIpc) is 3.13. The molecule has 3 aromatic rings. The van der Waals surface area contributed by atoms with Crippen LogP contribution >= 0.6 is 56.9 Å². The van der Waals surface area contributed by atoms with Gasteiger partial charge in [-0.25, -0.2) is 4.99 Å². The highest BCUT2D eigenvalue weighted by Gasteiger charge is 2.32. The van der Waals surface area contributed by atoms with Gasteiger partial charge < -0.3 is 4.74 Å². The number of carbonyl (C=O) groups is 1. The highest BCUT2D eigenvalue weighted by molar-refractivity contribution is 14.1. The number of carbonyl (C=O) groups excluding carboxylic acids is 1. The van der Waals surface area contributed by atoms with E-state index in [0.717, 1.165) is 41.3 Å². The summed E-state index contributed by atoms with van der Waals surface area (Å²) in [7, 11) is 0. The largest absolute Gasteiger partial charge is 0.487 e. The highest BCUT2D eigenvalue weighted by Crippen LogP contribution is 2.36. The molecule has 0 aliphatic carbocycles. The second-order valence-corrected chi connectivity index (χ2v) is 11.0. The summed E-state index contributed by atoms with van der Waals surface area (Å²) in [6, 6.07) is 22.3. The van der Waals surface area contributed by atoms with Gasteiger partial charge in [-0.05, 0) is 111 Å². The van der Waals surface area contributed by atoms with Crippen LogP contribution in [0.25, 0.3) is 6.08 Å². The fourth-order valence-corrected chi connectivity index (χ4v) is 6.76. The molecular formula is C27H24I2N2O2S. The molecule has 0 bridgehead atoms. The minimum Gasteiger partial charge on any atom is -0.487 e. The summed E-state index contributed by atoms with van der Waals surface area (Å²) in [6.45, 7) is 5.20. The molecule has 3 aromatic carbocycles. The first-order valence-electron chi connectivity index (χ1n) is 11.0. The Morgan fingerprint density at radius 3 is 2.35 bits per heavy atom. The molecule has 1 amide bonds. The van der Waals surface area contributed by atoms with Gasteiger partial charge >= 0.3 is 0 Å². The van der Waals surface area contributed by atoms with Crippen molar-refractivity contribution < 1.29 is 9.53 Å². The van der Waals surface area contributed by atoms with Crippen LogP contribution in [0, 0.1) is 7.14 Å². The van der Waals surface area contributed by atoms with Crippen LogP contribution in [-0.2, 0) is 17.8 Å². The second-order valence-electron chi connectivity index (χ2n) is 7.62. The van der Waals surface area contributed by atoms with E-state index in [-0.39, 0.29) is 5.91 Å². The van der Waals surface area contributed by atoms with E-state index in [0.29, 0.717) is 18.1 Å². The predicted octanol–water partition coefficient (Wildman–Crippen LogP) is 7.66. The van der Waals surface area contributed by atoms with Crippen molar-refractivity contribution in [1.82, 2.24) is 4.90 Å². The molecule has 1 saturated heterocycles. The van der Waals surface area contributed by atoms with Crippen molar-refractivity contribution >= 4 is 79.8 Å². The Kier molecular flexibility index (Phi) is 8.70. The van der Waals surface area contributed by atoms with Crippen LogP contribution in [-0.4, -0.2) is 22.5 Å². The molecule has 1 aliphatic rings. The number of aliphatic imine (C=N–C) groups is 1. The summed E-state index contributed by atoms with van der Waals surface area (Å²) in [5, 5.41) is 0.729. The third kappa shape index (κ3) is 5.85. The maximum Gasteiger partial charge on any atom is 0.266 e. The Morgan fingerprint density at radius 2 is 1.68 bits per heavy atom. The molecule has 4 nitrogen and oxygen atoms in total. The highest BCUT2D eigenvalue weighted by atomic mass is 127. The van der Waals surface area contributed by atoms with E-state index in [2.05, 4.69) is 82.4 Å².